The van der Waals surface area contributed by atoms with Crippen LogP contribution in [0.25, 0.3) is 11.5 Å². The highest BCUT2D eigenvalue weighted by atomic mass is 32.2. The Balaban J connectivity index is 1.66. The largest absolute Gasteiger partial charge is 0.573 e. The molecule has 0 saturated heterocycles. The first-order chi connectivity index (χ1) is 12.3. The van der Waals surface area contributed by atoms with E-state index >= 15 is 0 Å². The third kappa shape index (κ3) is 4.78. The van der Waals surface area contributed by atoms with Gasteiger partial charge in [0.2, 0.25) is 5.89 Å². The second kappa shape index (κ2) is 7.41. The van der Waals surface area contributed by atoms with Gasteiger partial charge in [0.05, 0.1) is 0 Å². The van der Waals surface area contributed by atoms with Crippen LogP contribution in [0.3, 0.4) is 0 Å². The first kappa shape index (κ1) is 18.3. The zero-order valence-electron chi connectivity index (χ0n) is 13.9. The van der Waals surface area contributed by atoms with Gasteiger partial charge in [0.1, 0.15) is 5.75 Å². The topological polar surface area (TPSA) is 48.2 Å². The van der Waals surface area contributed by atoms with E-state index in [0.717, 1.165) is 16.7 Å². The van der Waals surface area contributed by atoms with Gasteiger partial charge in [0.15, 0.2) is 0 Å². The zero-order valence-corrected chi connectivity index (χ0v) is 14.8. The van der Waals surface area contributed by atoms with E-state index < -0.39 is 6.36 Å². The Morgan fingerprint density at radius 1 is 1.00 bits per heavy atom. The van der Waals surface area contributed by atoms with E-state index in [1.807, 2.05) is 38.1 Å². The number of nitrogens with zero attached hydrogens (tertiary/aromatic N) is 2. The third-order valence-corrected chi connectivity index (χ3v) is 4.56. The second-order valence-corrected chi connectivity index (χ2v) is 6.91. The molecule has 3 aromatic rings. The standard InChI is InChI=1S/C18H15F3N2O2S/c1-11-3-5-14(6-4-11)16-22-23-17(24-16)26-12(2)13-7-9-15(10-8-13)25-18(19,20)21/h3-10,12H,1-2H3. The summed E-state index contributed by atoms with van der Waals surface area (Å²) >= 11 is 1.33. The van der Waals surface area contributed by atoms with E-state index in [1.165, 1.54) is 23.9 Å². The fourth-order valence-electron chi connectivity index (χ4n) is 2.23. The van der Waals surface area contributed by atoms with Crippen LogP contribution in [-0.2, 0) is 0 Å². The maximum atomic E-state index is 12.2. The molecule has 8 heteroatoms. The van der Waals surface area contributed by atoms with Crippen molar-refractivity contribution >= 4 is 11.8 Å². The van der Waals surface area contributed by atoms with Crippen LogP contribution in [0.1, 0.15) is 23.3 Å². The number of aryl methyl sites for hydroxylation is 1. The molecule has 4 nitrogen and oxygen atoms in total. The Morgan fingerprint density at radius 3 is 2.27 bits per heavy atom. The number of hydrogen-bond acceptors (Lipinski definition) is 5. The Labute approximate surface area is 152 Å². The number of aromatic nitrogens is 2. The van der Waals surface area contributed by atoms with E-state index in [0.29, 0.717) is 11.1 Å². The predicted molar refractivity (Wildman–Crippen MR) is 91.9 cm³/mol. The molecule has 2 aromatic carbocycles. The average molecular weight is 380 g/mol. The van der Waals surface area contributed by atoms with Crippen LogP contribution in [0, 0.1) is 6.92 Å². The normalized spacial score (nSPS) is 12.8. The molecular formula is C18H15F3N2O2S. The molecule has 0 radical (unpaired) electrons. The van der Waals surface area contributed by atoms with Crippen LogP contribution < -0.4 is 4.74 Å². The van der Waals surface area contributed by atoms with Crippen molar-refractivity contribution in [3.63, 3.8) is 0 Å². The molecule has 0 fully saturated rings. The smallest absolute Gasteiger partial charge is 0.411 e. The Bertz CT molecular complexity index is 861. The third-order valence-electron chi connectivity index (χ3n) is 3.57. The number of alkyl halides is 3. The van der Waals surface area contributed by atoms with Crippen LogP contribution in [0.15, 0.2) is 58.2 Å². The molecule has 0 saturated carbocycles. The minimum Gasteiger partial charge on any atom is -0.411 e. The molecule has 3 rings (SSSR count). The van der Waals surface area contributed by atoms with Crippen LogP contribution in [0.4, 0.5) is 13.2 Å². The zero-order chi connectivity index (χ0) is 18.7. The summed E-state index contributed by atoms with van der Waals surface area (Å²) in [5.41, 5.74) is 2.78. The average Bonchev–Trinajstić information content (AvgIpc) is 3.03. The van der Waals surface area contributed by atoms with E-state index in [9.17, 15) is 13.2 Å². The maximum Gasteiger partial charge on any atom is 0.573 e. The van der Waals surface area contributed by atoms with Crippen molar-refractivity contribution in [3.05, 3.63) is 59.7 Å². The van der Waals surface area contributed by atoms with Gasteiger partial charge in [-0.2, -0.15) is 0 Å². The van der Waals surface area contributed by atoms with Gasteiger partial charge in [-0.3, -0.25) is 0 Å². The van der Waals surface area contributed by atoms with E-state index in [1.54, 1.807) is 12.1 Å². The van der Waals surface area contributed by atoms with Crippen LogP contribution in [-0.4, -0.2) is 16.6 Å². The van der Waals surface area contributed by atoms with Crippen molar-refractivity contribution in [2.75, 3.05) is 0 Å². The number of thioether (sulfide) groups is 1. The molecule has 0 bridgehead atoms. The minimum atomic E-state index is -4.70. The summed E-state index contributed by atoms with van der Waals surface area (Å²) in [6.45, 7) is 3.89. The molecule has 1 aromatic heterocycles. The van der Waals surface area contributed by atoms with E-state index in [4.69, 9.17) is 4.42 Å². The molecule has 136 valence electrons. The van der Waals surface area contributed by atoms with Gasteiger partial charge in [0, 0.05) is 10.8 Å². The highest BCUT2D eigenvalue weighted by molar-refractivity contribution is 7.99. The lowest BCUT2D eigenvalue weighted by Gasteiger charge is -2.11. The van der Waals surface area contributed by atoms with E-state index in [2.05, 4.69) is 14.9 Å². The summed E-state index contributed by atoms with van der Waals surface area (Å²) in [6, 6.07) is 13.4. The second-order valence-electron chi connectivity index (χ2n) is 5.62. The summed E-state index contributed by atoms with van der Waals surface area (Å²) in [4.78, 5) is 0. The molecule has 0 spiro atoms. The predicted octanol–water partition coefficient (Wildman–Crippen LogP) is 5.80. The summed E-state index contributed by atoms with van der Waals surface area (Å²) in [5, 5.41) is 8.36. The van der Waals surface area contributed by atoms with Crippen LogP contribution in [0.5, 0.6) is 5.75 Å². The van der Waals surface area contributed by atoms with Crippen molar-refractivity contribution in [3.8, 4) is 17.2 Å². The maximum absolute atomic E-state index is 12.2. The Morgan fingerprint density at radius 2 is 1.65 bits per heavy atom. The van der Waals surface area contributed by atoms with Crippen molar-refractivity contribution in [2.24, 2.45) is 0 Å². The number of hydrogen-bond donors (Lipinski definition) is 0. The van der Waals surface area contributed by atoms with Crippen molar-refractivity contribution in [1.29, 1.82) is 0 Å². The van der Waals surface area contributed by atoms with Gasteiger partial charge >= 0.3 is 6.36 Å². The molecule has 1 atom stereocenters. The Hall–Kier alpha value is -2.48. The quantitative estimate of drug-likeness (QED) is 0.524. The van der Waals surface area contributed by atoms with Gasteiger partial charge in [-0.1, -0.05) is 41.6 Å². The first-order valence-electron chi connectivity index (χ1n) is 7.73. The van der Waals surface area contributed by atoms with Gasteiger partial charge in [-0.15, -0.1) is 23.4 Å². The summed E-state index contributed by atoms with van der Waals surface area (Å²) in [5.74, 6) is 0.173. The van der Waals surface area contributed by atoms with Crippen molar-refractivity contribution in [1.82, 2.24) is 10.2 Å². The highest BCUT2D eigenvalue weighted by Gasteiger charge is 2.31. The van der Waals surface area contributed by atoms with Gasteiger partial charge in [-0.05, 0) is 43.7 Å². The molecule has 26 heavy (non-hydrogen) atoms. The monoisotopic (exact) mass is 380 g/mol. The SMILES string of the molecule is Cc1ccc(-c2nnc(SC(C)c3ccc(OC(F)(F)F)cc3)o2)cc1. The molecule has 1 unspecified atom stereocenters. The molecule has 0 aliphatic carbocycles. The fourth-order valence-corrected chi connectivity index (χ4v) is 3.04. The molecule has 1 heterocycles. The number of benzene rings is 2. The fraction of sp³-hybridized carbons (Fsp3) is 0.222. The molecule has 0 amide bonds. The number of halogens is 3. The number of rotatable bonds is 5. The number of ether oxygens (including phenoxy) is 1. The lowest BCUT2D eigenvalue weighted by atomic mass is 10.1. The molecule has 0 aliphatic heterocycles. The van der Waals surface area contributed by atoms with Crippen molar-refractivity contribution in [2.45, 2.75) is 30.7 Å². The van der Waals surface area contributed by atoms with Gasteiger partial charge in [-0.25, -0.2) is 0 Å². The first-order valence-corrected chi connectivity index (χ1v) is 8.61. The molecule has 0 aliphatic rings. The van der Waals surface area contributed by atoms with Crippen LogP contribution >= 0.6 is 11.8 Å². The van der Waals surface area contributed by atoms with E-state index in [-0.39, 0.29) is 11.0 Å². The Kier molecular flexibility index (Phi) is 5.22. The minimum absolute atomic E-state index is 0.0822. The lowest BCUT2D eigenvalue weighted by Crippen LogP contribution is -2.17. The lowest BCUT2D eigenvalue weighted by molar-refractivity contribution is -0.274. The van der Waals surface area contributed by atoms with Crippen LogP contribution in [0.2, 0.25) is 0 Å². The molecule has 0 N–H and O–H groups in total. The van der Waals surface area contributed by atoms with Gasteiger partial charge < -0.3 is 9.15 Å². The summed E-state index contributed by atoms with van der Waals surface area (Å²) in [6.07, 6.45) is -4.70. The summed E-state index contributed by atoms with van der Waals surface area (Å²) in [7, 11) is 0. The van der Waals surface area contributed by atoms with Crippen molar-refractivity contribution < 1.29 is 22.3 Å². The highest BCUT2D eigenvalue weighted by Crippen LogP contribution is 2.36. The summed E-state index contributed by atoms with van der Waals surface area (Å²) < 4.78 is 46.1. The van der Waals surface area contributed by atoms with Gasteiger partial charge in [0.25, 0.3) is 5.22 Å². The molecular weight excluding hydrogens is 365 g/mol.